The molecular formula is C18H27N3O4S. The smallest absolute Gasteiger partial charge is 0.224 e. The molecule has 144 valence electrons. The minimum atomic E-state index is -3.12. The molecule has 0 bridgehead atoms. The Bertz CT molecular complexity index is 710. The van der Waals surface area contributed by atoms with Gasteiger partial charge in [-0.25, -0.2) is 8.42 Å². The summed E-state index contributed by atoms with van der Waals surface area (Å²) in [5, 5.41) is -0.395. The van der Waals surface area contributed by atoms with Gasteiger partial charge < -0.3 is 9.64 Å². The number of rotatable bonds is 5. The SMILES string of the molecule is COCCC(=O)N1CC[C@@H]2[C@H](CC1)N(Cc1cccnc1)CCS2(=O)=O. The molecule has 7 nitrogen and oxygen atoms in total. The van der Waals surface area contributed by atoms with Crippen molar-refractivity contribution in [3.8, 4) is 0 Å². The van der Waals surface area contributed by atoms with E-state index in [1.165, 1.54) is 0 Å². The van der Waals surface area contributed by atoms with Crippen molar-refractivity contribution in [3.63, 3.8) is 0 Å². The van der Waals surface area contributed by atoms with Crippen LogP contribution >= 0.6 is 0 Å². The number of likely N-dealkylation sites (tertiary alicyclic amines) is 1. The standard InChI is InChI=1S/C18H27N3O4S/c1-25-11-6-18(22)20-8-4-16-17(5-9-20)26(23,24)12-10-21(16)14-15-3-2-7-19-13-15/h2-3,7,13,16-17H,4-6,8-12,14H2,1H3/t16-,17+/m0/s1. The molecule has 1 amide bonds. The summed E-state index contributed by atoms with van der Waals surface area (Å²) >= 11 is 0. The van der Waals surface area contributed by atoms with Crippen molar-refractivity contribution in [1.29, 1.82) is 0 Å². The topological polar surface area (TPSA) is 79.8 Å². The number of ether oxygens (including phenoxy) is 1. The molecule has 8 heteroatoms. The number of nitrogens with zero attached hydrogens (tertiary/aromatic N) is 3. The fourth-order valence-corrected chi connectivity index (χ4v) is 6.02. The number of hydrogen-bond acceptors (Lipinski definition) is 6. The molecular weight excluding hydrogens is 354 g/mol. The number of hydrogen-bond donors (Lipinski definition) is 0. The van der Waals surface area contributed by atoms with Crippen LogP contribution in [-0.2, 0) is 25.9 Å². The summed E-state index contributed by atoms with van der Waals surface area (Å²) in [7, 11) is -1.54. The molecule has 1 aromatic rings. The quantitative estimate of drug-likeness (QED) is 0.747. The molecule has 0 N–H and O–H groups in total. The molecule has 0 unspecified atom stereocenters. The summed E-state index contributed by atoms with van der Waals surface area (Å²) < 4.78 is 30.3. The Morgan fingerprint density at radius 2 is 2.12 bits per heavy atom. The molecule has 1 aromatic heterocycles. The lowest BCUT2D eigenvalue weighted by molar-refractivity contribution is -0.132. The van der Waals surface area contributed by atoms with E-state index in [4.69, 9.17) is 4.74 Å². The zero-order valence-corrected chi connectivity index (χ0v) is 16.0. The number of carbonyl (C=O) groups is 1. The number of sulfone groups is 1. The van der Waals surface area contributed by atoms with Crippen molar-refractivity contribution in [2.45, 2.75) is 37.1 Å². The third-order valence-corrected chi connectivity index (χ3v) is 7.61. The Morgan fingerprint density at radius 1 is 1.31 bits per heavy atom. The number of carbonyl (C=O) groups excluding carboxylic acids is 1. The van der Waals surface area contributed by atoms with E-state index in [9.17, 15) is 13.2 Å². The summed E-state index contributed by atoms with van der Waals surface area (Å²) in [6.07, 6.45) is 5.10. The fourth-order valence-electron chi connectivity index (χ4n) is 3.98. The Labute approximate surface area is 155 Å². The van der Waals surface area contributed by atoms with Crippen LogP contribution in [-0.4, -0.2) is 79.5 Å². The van der Waals surface area contributed by atoms with Crippen molar-refractivity contribution < 1.29 is 17.9 Å². The highest BCUT2D eigenvalue weighted by Crippen LogP contribution is 2.29. The zero-order valence-electron chi connectivity index (χ0n) is 15.2. The summed E-state index contributed by atoms with van der Waals surface area (Å²) in [6, 6.07) is 3.87. The van der Waals surface area contributed by atoms with Crippen LogP contribution in [0.3, 0.4) is 0 Å². The Balaban J connectivity index is 1.73. The van der Waals surface area contributed by atoms with E-state index in [-0.39, 0.29) is 17.7 Å². The fraction of sp³-hybridized carbons (Fsp3) is 0.667. The van der Waals surface area contributed by atoms with Crippen molar-refractivity contribution in [3.05, 3.63) is 30.1 Å². The molecule has 2 aliphatic rings. The molecule has 26 heavy (non-hydrogen) atoms. The molecule has 0 aliphatic carbocycles. The maximum atomic E-state index is 12.7. The van der Waals surface area contributed by atoms with E-state index in [1.54, 1.807) is 18.2 Å². The van der Waals surface area contributed by atoms with E-state index in [0.29, 0.717) is 52.0 Å². The first kappa shape index (κ1) is 19.3. The highest BCUT2D eigenvalue weighted by atomic mass is 32.2. The van der Waals surface area contributed by atoms with E-state index in [0.717, 1.165) is 5.56 Å². The minimum absolute atomic E-state index is 0.0432. The van der Waals surface area contributed by atoms with E-state index in [2.05, 4.69) is 9.88 Å². The summed E-state index contributed by atoms with van der Waals surface area (Å²) in [5.74, 6) is 0.230. The van der Waals surface area contributed by atoms with Gasteiger partial charge in [0.1, 0.15) is 0 Å². The summed E-state index contributed by atoms with van der Waals surface area (Å²) in [5.41, 5.74) is 1.09. The Hall–Kier alpha value is -1.51. The maximum absolute atomic E-state index is 12.7. The molecule has 2 aliphatic heterocycles. The molecule has 2 fully saturated rings. The molecule has 0 spiro atoms. The first-order chi connectivity index (χ1) is 12.5. The first-order valence-corrected chi connectivity index (χ1v) is 10.8. The third-order valence-electron chi connectivity index (χ3n) is 5.38. The number of aromatic nitrogens is 1. The van der Waals surface area contributed by atoms with Gasteiger partial charge in [0, 0.05) is 51.7 Å². The van der Waals surface area contributed by atoms with Gasteiger partial charge in [-0.3, -0.25) is 14.7 Å². The predicted octanol–water partition coefficient (Wildman–Crippen LogP) is 0.708. The molecule has 0 saturated carbocycles. The minimum Gasteiger partial charge on any atom is -0.384 e. The average Bonchev–Trinajstić information content (AvgIpc) is 2.87. The van der Waals surface area contributed by atoms with E-state index >= 15 is 0 Å². The van der Waals surface area contributed by atoms with Crippen molar-refractivity contribution in [2.24, 2.45) is 0 Å². The molecule has 2 atom stereocenters. The highest BCUT2D eigenvalue weighted by Gasteiger charge is 2.43. The normalized spacial score (nSPS) is 26.1. The van der Waals surface area contributed by atoms with Gasteiger partial charge in [-0.15, -0.1) is 0 Å². The van der Waals surface area contributed by atoms with Crippen LogP contribution < -0.4 is 0 Å². The average molecular weight is 381 g/mol. The second-order valence-corrected chi connectivity index (χ2v) is 9.34. The number of amides is 1. The van der Waals surface area contributed by atoms with Gasteiger partial charge in [0.2, 0.25) is 5.91 Å². The molecule has 2 saturated heterocycles. The van der Waals surface area contributed by atoms with Gasteiger partial charge in [0.25, 0.3) is 0 Å². The third kappa shape index (κ3) is 4.42. The second-order valence-electron chi connectivity index (χ2n) is 7.01. The van der Waals surface area contributed by atoms with E-state index < -0.39 is 15.1 Å². The van der Waals surface area contributed by atoms with Crippen molar-refractivity contribution in [2.75, 3.05) is 39.1 Å². The largest absolute Gasteiger partial charge is 0.384 e. The van der Waals surface area contributed by atoms with Gasteiger partial charge in [-0.1, -0.05) is 6.07 Å². The zero-order chi connectivity index (χ0) is 18.6. The van der Waals surface area contributed by atoms with Crippen LogP contribution in [0.25, 0.3) is 0 Å². The van der Waals surface area contributed by atoms with Crippen LogP contribution in [0.15, 0.2) is 24.5 Å². The van der Waals surface area contributed by atoms with Gasteiger partial charge >= 0.3 is 0 Å². The van der Waals surface area contributed by atoms with Gasteiger partial charge in [-0.2, -0.15) is 0 Å². The van der Waals surface area contributed by atoms with Crippen LogP contribution in [0.4, 0.5) is 0 Å². The maximum Gasteiger partial charge on any atom is 0.224 e. The van der Waals surface area contributed by atoms with E-state index in [1.807, 2.05) is 18.3 Å². The predicted molar refractivity (Wildman–Crippen MR) is 98.3 cm³/mol. The summed E-state index contributed by atoms with van der Waals surface area (Å²) in [6.45, 7) is 2.73. The van der Waals surface area contributed by atoms with Gasteiger partial charge in [0.05, 0.1) is 24.0 Å². The van der Waals surface area contributed by atoms with Crippen molar-refractivity contribution >= 4 is 15.7 Å². The second kappa shape index (κ2) is 8.45. The number of pyridine rings is 1. The molecule has 3 heterocycles. The van der Waals surface area contributed by atoms with Gasteiger partial charge in [-0.05, 0) is 24.5 Å². The van der Waals surface area contributed by atoms with Crippen LogP contribution in [0.5, 0.6) is 0 Å². The number of fused-ring (bicyclic) bond motifs is 1. The van der Waals surface area contributed by atoms with Crippen LogP contribution in [0.1, 0.15) is 24.8 Å². The lowest BCUT2D eigenvalue weighted by atomic mass is 10.1. The van der Waals surface area contributed by atoms with Crippen molar-refractivity contribution in [1.82, 2.24) is 14.8 Å². The molecule has 3 rings (SSSR count). The lowest BCUT2D eigenvalue weighted by Crippen LogP contribution is -2.54. The van der Waals surface area contributed by atoms with Gasteiger partial charge in [0.15, 0.2) is 9.84 Å². The monoisotopic (exact) mass is 381 g/mol. The molecule has 0 radical (unpaired) electrons. The molecule has 0 aromatic carbocycles. The lowest BCUT2D eigenvalue weighted by Gasteiger charge is -2.40. The first-order valence-electron chi connectivity index (χ1n) is 9.12. The Morgan fingerprint density at radius 3 is 2.85 bits per heavy atom. The van der Waals surface area contributed by atoms with Crippen LogP contribution in [0, 0.1) is 0 Å². The number of methoxy groups -OCH3 is 1. The highest BCUT2D eigenvalue weighted by molar-refractivity contribution is 7.92. The van der Waals surface area contributed by atoms with Crippen LogP contribution in [0.2, 0.25) is 0 Å². The Kier molecular flexibility index (Phi) is 6.26. The summed E-state index contributed by atoms with van der Waals surface area (Å²) in [4.78, 5) is 20.5.